The van der Waals surface area contributed by atoms with Crippen LogP contribution in [0.25, 0.3) is 0 Å². The Balaban J connectivity index is 2.12. The van der Waals surface area contributed by atoms with Gasteiger partial charge >= 0.3 is 6.03 Å². The highest BCUT2D eigenvalue weighted by molar-refractivity contribution is 7.85. The van der Waals surface area contributed by atoms with Crippen molar-refractivity contribution in [2.45, 2.75) is 11.8 Å². The van der Waals surface area contributed by atoms with Crippen molar-refractivity contribution >= 4 is 27.5 Å². The number of urea groups is 1. The molecule has 0 saturated carbocycles. The zero-order valence-corrected chi connectivity index (χ0v) is 12.0. The SMILES string of the molecule is Cc1ccccc1NC(=O)Nc1cccc(S(=O)(=O)O)c1. The quantitative estimate of drug-likeness (QED) is 0.760. The maximum Gasteiger partial charge on any atom is 0.323 e. The summed E-state index contributed by atoms with van der Waals surface area (Å²) in [6.07, 6.45) is 0. The summed E-state index contributed by atoms with van der Waals surface area (Å²) in [4.78, 5) is 11.6. The van der Waals surface area contributed by atoms with Gasteiger partial charge in [0.25, 0.3) is 10.1 Å². The van der Waals surface area contributed by atoms with Gasteiger partial charge in [-0.25, -0.2) is 4.79 Å². The van der Waals surface area contributed by atoms with Gasteiger partial charge in [0.1, 0.15) is 0 Å². The molecule has 21 heavy (non-hydrogen) atoms. The molecule has 2 amide bonds. The van der Waals surface area contributed by atoms with Crippen molar-refractivity contribution in [1.29, 1.82) is 0 Å². The molecular weight excluding hydrogens is 292 g/mol. The largest absolute Gasteiger partial charge is 0.323 e. The normalized spacial score (nSPS) is 11.0. The van der Waals surface area contributed by atoms with Gasteiger partial charge in [0.2, 0.25) is 0 Å². The molecule has 0 radical (unpaired) electrons. The summed E-state index contributed by atoms with van der Waals surface area (Å²) in [7, 11) is -4.30. The van der Waals surface area contributed by atoms with E-state index >= 15 is 0 Å². The van der Waals surface area contributed by atoms with Crippen molar-refractivity contribution in [3.8, 4) is 0 Å². The number of carbonyl (C=O) groups is 1. The monoisotopic (exact) mass is 306 g/mol. The molecule has 0 aliphatic carbocycles. The van der Waals surface area contributed by atoms with Crippen LogP contribution in [0.3, 0.4) is 0 Å². The minimum absolute atomic E-state index is 0.260. The number of hydrogen-bond donors (Lipinski definition) is 3. The molecule has 3 N–H and O–H groups in total. The molecule has 0 aliphatic rings. The van der Waals surface area contributed by atoms with Crippen LogP contribution in [0.4, 0.5) is 16.2 Å². The van der Waals surface area contributed by atoms with E-state index in [1.54, 1.807) is 12.1 Å². The molecular formula is C14H14N2O4S. The van der Waals surface area contributed by atoms with Gasteiger partial charge in [-0.15, -0.1) is 0 Å². The number of benzene rings is 2. The molecule has 2 rings (SSSR count). The van der Waals surface area contributed by atoms with E-state index in [1.165, 1.54) is 24.3 Å². The van der Waals surface area contributed by atoms with Crippen molar-refractivity contribution in [2.24, 2.45) is 0 Å². The molecule has 0 fully saturated rings. The van der Waals surface area contributed by atoms with Crippen LogP contribution < -0.4 is 10.6 Å². The summed E-state index contributed by atoms with van der Waals surface area (Å²) in [6, 6.07) is 12.1. The predicted octanol–water partition coefficient (Wildman–Crippen LogP) is 2.89. The summed E-state index contributed by atoms with van der Waals surface area (Å²) >= 11 is 0. The summed E-state index contributed by atoms with van der Waals surface area (Å²) in [6.45, 7) is 1.86. The number of carbonyl (C=O) groups excluding carboxylic acids is 1. The number of aryl methyl sites for hydroxylation is 1. The van der Waals surface area contributed by atoms with E-state index in [0.29, 0.717) is 5.69 Å². The number of hydrogen-bond acceptors (Lipinski definition) is 3. The van der Waals surface area contributed by atoms with Gasteiger partial charge in [-0.05, 0) is 36.8 Å². The Hall–Kier alpha value is -2.38. The van der Waals surface area contributed by atoms with Crippen LogP contribution in [0.2, 0.25) is 0 Å². The first-order valence-corrected chi connectivity index (χ1v) is 7.51. The zero-order chi connectivity index (χ0) is 15.5. The fraction of sp³-hybridized carbons (Fsp3) is 0.0714. The van der Waals surface area contributed by atoms with Gasteiger partial charge in [0.05, 0.1) is 4.90 Å². The van der Waals surface area contributed by atoms with Crippen molar-refractivity contribution in [3.63, 3.8) is 0 Å². The summed E-state index contributed by atoms with van der Waals surface area (Å²) < 4.78 is 31.0. The average molecular weight is 306 g/mol. The molecule has 0 heterocycles. The number of nitrogens with one attached hydrogen (secondary N) is 2. The van der Waals surface area contributed by atoms with E-state index in [9.17, 15) is 13.2 Å². The van der Waals surface area contributed by atoms with Crippen LogP contribution in [-0.4, -0.2) is 19.0 Å². The lowest BCUT2D eigenvalue weighted by molar-refractivity contribution is 0.262. The Morgan fingerprint density at radius 1 is 1.05 bits per heavy atom. The molecule has 2 aromatic rings. The summed E-state index contributed by atoms with van der Waals surface area (Å²) in [5.74, 6) is 0. The van der Waals surface area contributed by atoms with Crippen LogP contribution in [0.5, 0.6) is 0 Å². The Labute approximate surface area is 122 Å². The van der Waals surface area contributed by atoms with E-state index in [1.807, 2.05) is 19.1 Å². The van der Waals surface area contributed by atoms with Gasteiger partial charge in [-0.2, -0.15) is 8.42 Å². The molecule has 2 aromatic carbocycles. The Morgan fingerprint density at radius 3 is 2.43 bits per heavy atom. The van der Waals surface area contributed by atoms with Gasteiger partial charge < -0.3 is 10.6 Å². The number of anilines is 2. The highest BCUT2D eigenvalue weighted by atomic mass is 32.2. The van der Waals surface area contributed by atoms with E-state index in [2.05, 4.69) is 10.6 Å². The van der Waals surface area contributed by atoms with E-state index in [0.717, 1.165) is 5.56 Å². The molecule has 7 heteroatoms. The Kier molecular flexibility index (Phi) is 4.25. The second kappa shape index (κ2) is 5.94. The number of rotatable bonds is 3. The minimum atomic E-state index is -4.30. The average Bonchev–Trinajstić information content (AvgIpc) is 2.41. The molecule has 6 nitrogen and oxygen atoms in total. The maximum atomic E-state index is 11.9. The van der Waals surface area contributed by atoms with E-state index in [4.69, 9.17) is 4.55 Å². The molecule has 0 atom stereocenters. The third-order valence-electron chi connectivity index (χ3n) is 2.78. The van der Waals surface area contributed by atoms with Crippen molar-refractivity contribution in [1.82, 2.24) is 0 Å². The molecule has 110 valence electrons. The van der Waals surface area contributed by atoms with Crippen LogP contribution >= 0.6 is 0 Å². The van der Waals surface area contributed by atoms with Gasteiger partial charge in [0.15, 0.2) is 0 Å². The topological polar surface area (TPSA) is 95.5 Å². The fourth-order valence-corrected chi connectivity index (χ4v) is 2.26. The highest BCUT2D eigenvalue weighted by Gasteiger charge is 2.11. The first-order valence-electron chi connectivity index (χ1n) is 6.07. The molecule has 0 bridgehead atoms. The third-order valence-corrected chi connectivity index (χ3v) is 3.63. The third kappa shape index (κ3) is 4.04. The number of para-hydroxylation sites is 1. The molecule has 0 saturated heterocycles. The molecule has 0 spiro atoms. The Morgan fingerprint density at radius 2 is 1.76 bits per heavy atom. The highest BCUT2D eigenvalue weighted by Crippen LogP contribution is 2.17. The van der Waals surface area contributed by atoms with Crippen LogP contribution in [0, 0.1) is 6.92 Å². The predicted molar refractivity (Wildman–Crippen MR) is 80.1 cm³/mol. The first kappa shape index (κ1) is 15.0. The minimum Gasteiger partial charge on any atom is -0.308 e. The Bertz CT molecular complexity index is 772. The summed E-state index contributed by atoms with van der Waals surface area (Å²) in [5.41, 5.74) is 1.82. The van der Waals surface area contributed by atoms with Gasteiger partial charge in [-0.1, -0.05) is 24.3 Å². The van der Waals surface area contributed by atoms with Gasteiger partial charge in [0, 0.05) is 11.4 Å². The lowest BCUT2D eigenvalue weighted by Gasteiger charge is -2.10. The lowest BCUT2D eigenvalue weighted by atomic mass is 10.2. The van der Waals surface area contributed by atoms with Gasteiger partial charge in [-0.3, -0.25) is 4.55 Å². The first-order chi connectivity index (χ1) is 9.86. The van der Waals surface area contributed by atoms with Crippen molar-refractivity contribution in [2.75, 3.05) is 10.6 Å². The smallest absolute Gasteiger partial charge is 0.308 e. The second-order valence-corrected chi connectivity index (χ2v) is 5.82. The standard InChI is InChI=1S/C14H14N2O4S/c1-10-5-2-3-8-13(10)16-14(17)15-11-6-4-7-12(9-11)21(18,19)20/h2-9H,1H3,(H2,15,16,17)(H,18,19,20). The number of amides is 2. The van der Waals surface area contributed by atoms with Crippen LogP contribution in [0.15, 0.2) is 53.4 Å². The van der Waals surface area contributed by atoms with E-state index < -0.39 is 16.1 Å². The second-order valence-electron chi connectivity index (χ2n) is 4.40. The maximum absolute atomic E-state index is 11.9. The lowest BCUT2D eigenvalue weighted by Crippen LogP contribution is -2.20. The fourth-order valence-electron chi connectivity index (χ4n) is 1.73. The molecule has 0 aliphatic heterocycles. The summed E-state index contributed by atoms with van der Waals surface area (Å²) in [5, 5.41) is 5.16. The zero-order valence-electron chi connectivity index (χ0n) is 11.2. The molecule has 0 unspecified atom stereocenters. The van der Waals surface area contributed by atoms with Crippen molar-refractivity contribution in [3.05, 3.63) is 54.1 Å². The molecule has 0 aromatic heterocycles. The van der Waals surface area contributed by atoms with Crippen LogP contribution in [-0.2, 0) is 10.1 Å². The van der Waals surface area contributed by atoms with Crippen molar-refractivity contribution < 1.29 is 17.8 Å². The van der Waals surface area contributed by atoms with Crippen LogP contribution in [0.1, 0.15) is 5.56 Å². The van der Waals surface area contributed by atoms with E-state index in [-0.39, 0.29) is 10.6 Å².